The van der Waals surface area contributed by atoms with E-state index in [0.717, 1.165) is 48.8 Å². The van der Waals surface area contributed by atoms with Crippen molar-refractivity contribution in [3.63, 3.8) is 0 Å². The number of aryl methyl sites for hydroxylation is 2. The average molecular weight is 895 g/mol. The molecular formula is C50H67FO13. The number of hydrogen-bond donors (Lipinski definition) is 0. The predicted molar refractivity (Wildman–Crippen MR) is 238 cm³/mol. The van der Waals surface area contributed by atoms with Crippen LogP contribution in [0.1, 0.15) is 114 Å². The molecule has 0 aliphatic heterocycles. The minimum atomic E-state index is -1.68. The van der Waals surface area contributed by atoms with Crippen molar-refractivity contribution >= 4 is 35.4 Å². The molecule has 0 unspecified atom stereocenters. The largest absolute Gasteiger partial charge is 0.492 e. The zero-order valence-electron chi connectivity index (χ0n) is 38.4. The van der Waals surface area contributed by atoms with Crippen molar-refractivity contribution in [3.05, 3.63) is 77.6 Å². The van der Waals surface area contributed by atoms with E-state index < -0.39 is 67.3 Å². The number of methoxy groups -OCH3 is 2. The Morgan fingerprint density at radius 2 is 1.34 bits per heavy atom. The Morgan fingerprint density at radius 1 is 0.734 bits per heavy atom. The van der Waals surface area contributed by atoms with Gasteiger partial charge in [0.1, 0.15) is 43.4 Å². The van der Waals surface area contributed by atoms with Crippen LogP contribution >= 0.6 is 0 Å². The number of rotatable bonds is 30. The third kappa shape index (κ3) is 17.1. The predicted octanol–water partition coefficient (Wildman–Crippen LogP) is 8.35. The summed E-state index contributed by atoms with van der Waals surface area (Å²) in [5, 5.41) is 0. The second-order valence-electron chi connectivity index (χ2n) is 16.5. The first-order valence-electron chi connectivity index (χ1n) is 22.3. The normalized spacial score (nSPS) is 14.8. The lowest BCUT2D eigenvalue weighted by Gasteiger charge is -2.32. The summed E-state index contributed by atoms with van der Waals surface area (Å²) in [6.07, 6.45) is 10.9. The molecule has 1 aliphatic carbocycles. The van der Waals surface area contributed by atoms with Crippen LogP contribution in [0.15, 0.2) is 55.1 Å². The van der Waals surface area contributed by atoms with Gasteiger partial charge in [0.25, 0.3) is 0 Å². The Bertz CT molecular complexity index is 1880. The van der Waals surface area contributed by atoms with Crippen molar-refractivity contribution in [3.8, 4) is 16.9 Å². The van der Waals surface area contributed by atoms with Crippen molar-refractivity contribution in [2.45, 2.75) is 110 Å². The van der Waals surface area contributed by atoms with E-state index in [1.165, 1.54) is 46.8 Å². The van der Waals surface area contributed by atoms with Crippen molar-refractivity contribution in [1.82, 2.24) is 0 Å². The van der Waals surface area contributed by atoms with Gasteiger partial charge >= 0.3 is 23.9 Å². The molecule has 2 aromatic rings. The molecule has 2 aromatic carbocycles. The highest BCUT2D eigenvalue weighted by atomic mass is 19.1. The first-order chi connectivity index (χ1) is 30.7. The van der Waals surface area contributed by atoms with E-state index in [0.29, 0.717) is 47.6 Å². The van der Waals surface area contributed by atoms with Crippen LogP contribution in [-0.4, -0.2) is 95.9 Å². The van der Waals surface area contributed by atoms with Crippen molar-refractivity contribution in [2.24, 2.45) is 11.3 Å². The van der Waals surface area contributed by atoms with Gasteiger partial charge in [-0.25, -0.2) is 23.6 Å². The molecule has 13 nitrogen and oxygen atoms in total. The summed E-state index contributed by atoms with van der Waals surface area (Å²) in [5.74, 6) is -4.65. The van der Waals surface area contributed by atoms with Gasteiger partial charge in [-0.15, -0.1) is 0 Å². The van der Waals surface area contributed by atoms with Gasteiger partial charge in [-0.05, 0) is 104 Å². The molecular weight excluding hydrogens is 828 g/mol. The molecule has 0 spiro atoms. The number of Topliss-reactive ketones (excluding diaryl/α,β-unsaturated/α-hetero) is 2. The molecule has 1 aliphatic rings. The molecule has 0 saturated heterocycles. The Morgan fingerprint density at radius 3 is 1.88 bits per heavy atom. The zero-order chi connectivity index (χ0) is 47.1. The van der Waals surface area contributed by atoms with E-state index in [-0.39, 0.29) is 44.1 Å². The molecule has 1 saturated carbocycles. The highest BCUT2D eigenvalue weighted by molar-refractivity contribution is 6.34. The minimum Gasteiger partial charge on any atom is -0.492 e. The van der Waals surface area contributed by atoms with E-state index in [9.17, 15) is 28.8 Å². The number of ether oxygens (including phenoxy) is 7. The monoisotopic (exact) mass is 894 g/mol. The second kappa shape index (κ2) is 27.9. The fourth-order valence-corrected chi connectivity index (χ4v) is 7.52. The van der Waals surface area contributed by atoms with Gasteiger partial charge in [0, 0.05) is 44.3 Å². The Hall–Kier alpha value is -5.21. The quantitative estimate of drug-likeness (QED) is 0.0242. The van der Waals surface area contributed by atoms with Gasteiger partial charge in [-0.1, -0.05) is 64.8 Å². The maximum absolute atomic E-state index is 16.3. The van der Waals surface area contributed by atoms with Crippen LogP contribution in [-0.2, 0) is 70.0 Å². The standard InChI is InChI=1S/C50H67FO13/c1-8-11-12-14-35-16-18-37(19-17-35)38-20-21-40(42(51)28-38)41-27-39(15-13-24-60-46(54)10-3)45(29-36(41)9-2)61-30-50(31-62-47(55)34(4)5,32-63-48(56)43(52)22-25-58-6)33-64-49(57)44(53)23-26-59-7/h10,20-21,27-29,35,37H,3-4,8-9,11-19,22-26,30-33H2,1-2,5-7H3. The molecule has 352 valence electrons. The van der Waals surface area contributed by atoms with Gasteiger partial charge in [-0.3, -0.25) is 9.59 Å². The molecule has 0 heterocycles. The first-order valence-corrected chi connectivity index (χ1v) is 22.3. The van der Waals surface area contributed by atoms with E-state index in [2.05, 4.69) is 20.1 Å². The topological polar surface area (TPSA) is 167 Å². The minimum absolute atomic E-state index is 0.0416. The van der Waals surface area contributed by atoms with Crippen LogP contribution in [0.25, 0.3) is 11.1 Å². The number of halogens is 1. The molecule has 0 aromatic heterocycles. The van der Waals surface area contributed by atoms with Crippen LogP contribution in [0.4, 0.5) is 4.39 Å². The van der Waals surface area contributed by atoms with Crippen LogP contribution in [0, 0.1) is 17.2 Å². The van der Waals surface area contributed by atoms with Gasteiger partial charge in [0.05, 0.1) is 19.8 Å². The second-order valence-corrected chi connectivity index (χ2v) is 16.5. The Kier molecular flexibility index (Phi) is 23.1. The van der Waals surface area contributed by atoms with Crippen LogP contribution in [0.5, 0.6) is 5.75 Å². The number of unbranched alkanes of at least 4 members (excludes halogenated alkanes) is 2. The molecule has 0 bridgehead atoms. The average Bonchev–Trinajstić information content (AvgIpc) is 3.30. The van der Waals surface area contributed by atoms with Crippen LogP contribution in [0.3, 0.4) is 0 Å². The Labute approximate surface area is 377 Å². The lowest BCUT2D eigenvalue weighted by Crippen LogP contribution is -2.45. The zero-order valence-corrected chi connectivity index (χ0v) is 38.4. The van der Waals surface area contributed by atoms with Gasteiger partial charge in [0.15, 0.2) is 0 Å². The molecule has 0 N–H and O–H groups in total. The summed E-state index contributed by atoms with van der Waals surface area (Å²) < 4.78 is 54.2. The fourth-order valence-electron chi connectivity index (χ4n) is 7.52. The van der Waals surface area contributed by atoms with Crippen LogP contribution in [0.2, 0.25) is 0 Å². The Balaban J connectivity index is 2.05. The van der Waals surface area contributed by atoms with Gasteiger partial charge < -0.3 is 33.2 Å². The van der Waals surface area contributed by atoms with Gasteiger partial charge in [-0.2, -0.15) is 0 Å². The third-order valence-corrected chi connectivity index (χ3v) is 11.4. The number of carbonyl (C=O) groups excluding carboxylic acids is 6. The molecule has 0 atom stereocenters. The van der Waals surface area contributed by atoms with Crippen molar-refractivity contribution in [2.75, 3.05) is 60.5 Å². The van der Waals surface area contributed by atoms with E-state index in [1.807, 2.05) is 25.1 Å². The molecule has 3 rings (SSSR count). The first kappa shape index (κ1) is 53.1. The molecule has 14 heteroatoms. The number of benzene rings is 2. The van der Waals surface area contributed by atoms with E-state index in [4.69, 9.17) is 33.2 Å². The lowest BCUT2D eigenvalue weighted by molar-refractivity contribution is -0.169. The summed E-state index contributed by atoms with van der Waals surface area (Å²) in [4.78, 5) is 75.4. The highest BCUT2D eigenvalue weighted by Crippen LogP contribution is 2.40. The smallest absolute Gasteiger partial charge is 0.374 e. The number of esters is 4. The summed E-state index contributed by atoms with van der Waals surface area (Å²) in [5.41, 5.74) is 1.74. The highest BCUT2D eigenvalue weighted by Gasteiger charge is 2.39. The summed E-state index contributed by atoms with van der Waals surface area (Å²) in [7, 11) is 2.73. The van der Waals surface area contributed by atoms with Crippen molar-refractivity contribution < 1.29 is 66.3 Å². The number of ketones is 2. The summed E-state index contributed by atoms with van der Waals surface area (Å²) in [6.45, 7) is 10.2. The maximum atomic E-state index is 16.3. The number of hydrogen-bond acceptors (Lipinski definition) is 13. The van der Waals surface area contributed by atoms with Crippen LogP contribution < -0.4 is 4.74 Å². The molecule has 0 radical (unpaired) electrons. The van der Waals surface area contributed by atoms with Crippen molar-refractivity contribution in [1.29, 1.82) is 0 Å². The molecule has 64 heavy (non-hydrogen) atoms. The summed E-state index contributed by atoms with van der Waals surface area (Å²) >= 11 is 0. The maximum Gasteiger partial charge on any atom is 0.374 e. The SMILES string of the molecule is C=CC(=O)OCCCc1cc(-c2ccc(C3CCC(CCCCC)CC3)cc2F)c(CC)cc1OCC(COC(=O)C(=C)C)(COC(=O)C(=O)CCOC)COC(=O)C(=O)CCOC. The van der Waals surface area contributed by atoms with E-state index >= 15 is 4.39 Å². The molecule has 1 fully saturated rings. The van der Waals surface area contributed by atoms with Gasteiger partial charge in [0.2, 0.25) is 11.6 Å². The summed E-state index contributed by atoms with van der Waals surface area (Å²) in [6, 6.07) is 9.09. The van der Waals surface area contributed by atoms with E-state index in [1.54, 1.807) is 12.1 Å². The third-order valence-electron chi connectivity index (χ3n) is 11.4. The fraction of sp³-hybridized carbons (Fsp3) is 0.560. The number of carbonyl (C=O) groups is 6. The molecule has 0 amide bonds. The lowest BCUT2D eigenvalue weighted by atomic mass is 9.76.